The molecule has 0 radical (unpaired) electrons. The van der Waals surface area contributed by atoms with Crippen LogP contribution in [0.2, 0.25) is 0 Å². The van der Waals surface area contributed by atoms with Crippen molar-refractivity contribution in [3.8, 4) is 0 Å². The average Bonchev–Trinajstić information content (AvgIpc) is 3.39. The van der Waals surface area contributed by atoms with Crippen molar-refractivity contribution in [2.24, 2.45) is 0 Å². The topological polar surface area (TPSA) is 169 Å². The SMILES string of the molecule is CCCCCCCCCCCCCC/C=C\CCCCCCCCCCCCCCCCCC(O)C(=O)NC(COC1OC(CO)C(O)C(O)C1O)C(O)/C=C/CCCCCCCCCCCCCCCCC. The lowest BCUT2D eigenvalue weighted by molar-refractivity contribution is -0.302. The highest BCUT2D eigenvalue weighted by Crippen LogP contribution is 2.23. The Bertz CT molecular complexity index is 1220. The van der Waals surface area contributed by atoms with Gasteiger partial charge in [-0.3, -0.25) is 4.79 Å². The van der Waals surface area contributed by atoms with E-state index in [1.807, 2.05) is 6.08 Å². The standard InChI is InChI=1S/C63H121NO9/c1-3-5-7-9-11-13-15-17-19-21-22-23-24-25-26-27-28-29-30-31-32-33-34-36-38-40-42-44-46-48-50-52-57(67)62(71)64-55(54-72-63-61(70)60(69)59(68)58(53-65)73-63)56(66)51-49-47-45-43-41-39-37-35-20-18-16-14-12-10-8-6-4-2/h25-26,49,51,55-61,63,65-70H,3-24,27-48,50,52-54H2,1-2H3,(H,64,71)/b26-25-,51-49+. The normalized spacial score (nSPS) is 19.6. The van der Waals surface area contributed by atoms with Gasteiger partial charge in [-0.1, -0.05) is 289 Å². The molecule has 1 heterocycles. The third-order valence-corrected chi connectivity index (χ3v) is 15.4. The van der Waals surface area contributed by atoms with E-state index in [1.54, 1.807) is 6.08 Å². The molecular formula is C63H121NO9. The van der Waals surface area contributed by atoms with Gasteiger partial charge in [-0.05, 0) is 44.9 Å². The number of aliphatic hydroxyl groups is 6. The number of aliphatic hydroxyl groups excluding tert-OH is 6. The molecule has 0 aliphatic carbocycles. The summed E-state index contributed by atoms with van der Waals surface area (Å²) < 4.78 is 11.2. The first-order valence-corrected chi connectivity index (χ1v) is 31.7. The number of amides is 1. The van der Waals surface area contributed by atoms with Crippen LogP contribution in [0, 0.1) is 0 Å². The van der Waals surface area contributed by atoms with Crippen molar-refractivity contribution in [2.75, 3.05) is 13.2 Å². The molecule has 1 aliphatic heterocycles. The van der Waals surface area contributed by atoms with E-state index in [1.165, 1.54) is 244 Å². The molecule has 0 aromatic rings. The number of hydrogen-bond donors (Lipinski definition) is 7. The maximum atomic E-state index is 13.2. The molecule has 8 unspecified atom stereocenters. The second-order valence-corrected chi connectivity index (χ2v) is 22.3. The molecular weight excluding hydrogens is 915 g/mol. The molecule has 10 nitrogen and oxygen atoms in total. The van der Waals surface area contributed by atoms with E-state index in [4.69, 9.17) is 9.47 Å². The molecule has 73 heavy (non-hydrogen) atoms. The van der Waals surface area contributed by atoms with Crippen molar-refractivity contribution >= 4 is 5.91 Å². The fraction of sp³-hybridized carbons (Fsp3) is 0.921. The number of unbranched alkanes of at least 4 members (excludes halogenated alkanes) is 42. The van der Waals surface area contributed by atoms with Crippen LogP contribution < -0.4 is 5.32 Å². The van der Waals surface area contributed by atoms with Crippen molar-refractivity contribution in [1.82, 2.24) is 5.32 Å². The minimum atomic E-state index is -1.61. The lowest BCUT2D eigenvalue weighted by Gasteiger charge is -2.40. The van der Waals surface area contributed by atoms with E-state index in [0.29, 0.717) is 6.42 Å². The number of hydrogen-bond acceptors (Lipinski definition) is 9. The molecule has 0 aromatic heterocycles. The molecule has 0 aromatic carbocycles. The number of carbonyl (C=O) groups excluding carboxylic acids is 1. The molecule has 10 heteroatoms. The Kier molecular flexibility index (Phi) is 50.3. The fourth-order valence-electron chi connectivity index (χ4n) is 10.3. The molecule has 7 N–H and O–H groups in total. The number of carbonyl (C=O) groups is 1. The molecule has 0 spiro atoms. The molecule has 1 fully saturated rings. The maximum Gasteiger partial charge on any atom is 0.249 e. The molecule has 1 rings (SSSR count). The maximum absolute atomic E-state index is 13.2. The van der Waals surface area contributed by atoms with Crippen LogP contribution in [0.1, 0.15) is 309 Å². The third-order valence-electron chi connectivity index (χ3n) is 15.4. The van der Waals surface area contributed by atoms with Crippen molar-refractivity contribution < 1.29 is 44.9 Å². The van der Waals surface area contributed by atoms with E-state index in [2.05, 4.69) is 31.3 Å². The van der Waals surface area contributed by atoms with E-state index >= 15 is 0 Å². The Morgan fingerprint density at radius 2 is 0.795 bits per heavy atom. The van der Waals surface area contributed by atoms with E-state index in [-0.39, 0.29) is 6.61 Å². The summed E-state index contributed by atoms with van der Waals surface area (Å²) in [4.78, 5) is 13.2. The second kappa shape index (κ2) is 52.7. The van der Waals surface area contributed by atoms with E-state index < -0.39 is 61.5 Å². The molecule has 0 bridgehead atoms. The zero-order chi connectivity index (χ0) is 53.1. The van der Waals surface area contributed by atoms with Gasteiger partial charge in [0.05, 0.1) is 25.4 Å². The first kappa shape index (κ1) is 69.6. The average molecular weight is 1040 g/mol. The summed E-state index contributed by atoms with van der Waals surface area (Å²) in [7, 11) is 0. The van der Waals surface area contributed by atoms with Gasteiger partial charge in [-0.15, -0.1) is 0 Å². The summed E-state index contributed by atoms with van der Waals surface area (Å²) >= 11 is 0. The quantitative estimate of drug-likeness (QED) is 0.0232. The molecule has 432 valence electrons. The summed E-state index contributed by atoms with van der Waals surface area (Å²) in [6.07, 6.45) is 57.3. The highest BCUT2D eigenvalue weighted by atomic mass is 16.7. The molecule has 1 saturated heterocycles. The molecule has 8 atom stereocenters. The summed E-state index contributed by atoms with van der Waals surface area (Å²) in [5.41, 5.74) is 0. The lowest BCUT2D eigenvalue weighted by atomic mass is 9.99. The van der Waals surface area contributed by atoms with Gasteiger partial charge in [0, 0.05) is 0 Å². The van der Waals surface area contributed by atoms with E-state index in [9.17, 15) is 35.4 Å². The minimum Gasteiger partial charge on any atom is -0.394 e. The van der Waals surface area contributed by atoms with Crippen LogP contribution in [0.25, 0.3) is 0 Å². The predicted molar refractivity (Wildman–Crippen MR) is 306 cm³/mol. The van der Waals surface area contributed by atoms with Crippen molar-refractivity contribution in [3.63, 3.8) is 0 Å². The molecule has 1 aliphatic rings. The summed E-state index contributed by atoms with van der Waals surface area (Å²) in [5.74, 6) is -0.611. The zero-order valence-electron chi connectivity index (χ0n) is 47.8. The van der Waals surface area contributed by atoms with Crippen LogP contribution in [0.15, 0.2) is 24.3 Å². The van der Waals surface area contributed by atoms with Gasteiger partial charge in [0.15, 0.2) is 6.29 Å². The summed E-state index contributed by atoms with van der Waals surface area (Å²) in [6, 6.07) is -0.979. The largest absolute Gasteiger partial charge is 0.394 e. The Balaban J connectivity index is 2.17. The first-order valence-electron chi connectivity index (χ1n) is 31.7. The lowest BCUT2D eigenvalue weighted by Crippen LogP contribution is -2.60. The van der Waals surface area contributed by atoms with Crippen molar-refractivity contribution in [1.29, 1.82) is 0 Å². The minimum absolute atomic E-state index is 0.302. The van der Waals surface area contributed by atoms with Crippen LogP contribution in [-0.4, -0.2) is 98.7 Å². The van der Waals surface area contributed by atoms with E-state index in [0.717, 1.165) is 44.9 Å². The number of allylic oxidation sites excluding steroid dienone is 3. The van der Waals surface area contributed by atoms with Crippen LogP contribution >= 0.6 is 0 Å². The Labute approximate surface area is 450 Å². The zero-order valence-corrected chi connectivity index (χ0v) is 47.8. The predicted octanol–water partition coefficient (Wildman–Crippen LogP) is 15.1. The van der Waals surface area contributed by atoms with Crippen LogP contribution in [0.4, 0.5) is 0 Å². The van der Waals surface area contributed by atoms with Crippen LogP contribution in [0.5, 0.6) is 0 Å². The Hall–Kier alpha value is -1.37. The molecule has 0 saturated carbocycles. The van der Waals surface area contributed by atoms with Gasteiger partial charge in [-0.2, -0.15) is 0 Å². The number of ether oxygens (including phenoxy) is 2. The second-order valence-electron chi connectivity index (χ2n) is 22.3. The van der Waals surface area contributed by atoms with Crippen LogP contribution in [0.3, 0.4) is 0 Å². The third kappa shape index (κ3) is 41.4. The highest BCUT2D eigenvalue weighted by molar-refractivity contribution is 5.80. The van der Waals surface area contributed by atoms with Gasteiger partial charge >= 0.3 is 0 Å². The van der Waals surface area contributed by atoms with Gasteiger partial charge in [0.1, 0.15) is 30.5 Å². The smallest absolute Gasteiger partial charge is 0.249 e. The van der Waals surface area contributed by atoms with Gasteiger partial charge < -0.3 is 45.4 Å². The van der Waals surface area contributed by atoms with Gasteiger partial charge in [0.25, 0.3) is 0 Å². The Morgan fingerprint density at radius 3 is 1.15 bits per heavy atom. The number of rotatable bonds is 55. The van der Waals surface area contributed by atoms with Gasteiger partial charge in [0.2, 0.25) is 5.91 Å². The summed E-state index contributed by atoms with van der Waals surface area (Å²) in [6.45, 7) is 3.66. The molecule has 1 amide bonds. The van der Waals surface area contributed by atoms with Crippen molar-refractivity contribution in [2.45, 2.75) is 358 Å². The van der Waals surface area contributed by atoms with Crippen molar-refractivity contribution in [3.05, 3.63) is 24.3 Å². The van der Waals surface area contributed by atoms with Gasteiger partial charge in [-0.25, -0.2) is 0 Å². The Morgan fingerprint density at radius 1 is 0.466 bits per heavy atom. The monoisotopic (exact) mass is 1040 g/mol. The highest BCUT2D eigenvalue weighted by Gasteiger charge is 2.44. The summed E-state index contributed by atoms with van der Waals surface area (Å²) in [5, 5.41) is 65.1. The fourth-order valence-corrected chi connectivity index (χ4v) is 10.3. The number of nitrogens with one attached hydrogen (secondary N) is 1. The first-order chi connectivity index (χ1) is 35.8. The van der Waals surface area contributed by atoms with Crippen LogP contribution in [-0.2, 0) is 14.3 Å².